The molecule has 2 atom stereocenters. The minimum absolute atomic E-state index is 0.0347. The Balaban J connectivity index is 1.85. The Kier molecular flexibility index (Phi) is 7.06. The molecule has 0 saturated carbocycles. The van der Waals surface area contributed by atoms with Crippen LogP contribution in [0.25, 0.3) is 0 Å². The monoisotopic (exact) mass is 350 g/mol. The largest absolute Gasteiger partial charge is 0.493 e. The second kappa shape index (κ2) is 9.27. The molecule has 0 spiro atoms. The molecular formula is C18H26N2O5. The van der Waals surface area contributed by atoms with Crippen molar-refractivity contribution in [1.29, 1.82) is 0 Å². The molecule has 1 aliphatic heterocycles. The molecule has 7 heteroatoms. The van der Waals surface area contributed by atoms with E-state index in [-0.39, 0.29) is 24.7 Å². The van der Waals surface area contributed by atoms with Crippen LogP contribution in [0.4, 0.5) is 0 Å². The van der Waals surface area contributed by atoms with Crippen LogP contribution in [0.1, 0.15) is 26.3 Å². The van der Waals surface area contributed by atoms with Crippen LogP contribution in [0, 0.1) is 0 Å². The number of rotatable bonds is 7. The number of nitrogens with zero attached hydrogens (tertiary/aromatic N) is 2. The summed E-state index contributed by atoms with van der Waals surface area (Å²) >= 11 is 0. The summed E-state index contributed by atoms with van der Waals surface area (Å²) in [5.74, 6) is 1.20. The molecule has 0 radical (unpaired) electrons. The predicted molar refractivity (Wildman–Crippen MR) is 94.3 cm³/mol. The van der Waals surface area contributed by atoms with Gasteiger partial charge in [0.1, 0.15) is 0 Å². The first-order valence-corrected chi connectivity index (χ1v) is 8.42. The van der Waals surface area contributed by atoms with Crippen LogP contribution in [0.2, 0.25) is 0 Å². The summed E-state index contributed by atoms with van der Waals surface area (Å²) < 4.78 is 16.4. The number of ether oxygens (including phenoxy) is 3. The number of methoxy groups -OCH3 is 1. The maximum Gasteiger partial charge on any atom is 0.263 e. The lowest BCUT2D eigenvalue weighted by Crippen LogP contribution is -2.49. The number of morpholine rings is 1. The number of amides is 1. The van der Waals surface area contributed by atoms with E-state index in [0.29, 0.717) is 31.2 Å². The molecule has 1 heterocycles. The number of carbonyl (C=O) groups is 1. The summed E-state index contributed by atoms with van der Waals surface area (Å²) in [6, 6.07) is 5.45. The molecule has 7 nitrogen and oxygen atoms in total. The van der Waals surface area contributed by atoms with Crippen molar-refractivity contribution >= 4 is 12.1 Å². The van der Waals surface area contributed by atoms with Gasteiger partial charge in [0.05, 0.1) is 32.1 Å². The van der Waals surface area contributed by atoms with Crippen molar-refractivity contribution in [2.45, 2.75) is 33.0 Å². The lowest BCUT2D eigenvalue weighted by molar-refractivity contribution is -0.147. The van der Waals surface area contributed by atoms with Gasteiger partial charge < -0.3 is 23.9 Å². The zero-order valence-electron chi connectivity index (χ0n) is 15.2. The highest BCUT2D eigenvalue weighted by Crippen LogP contribution is 2.27. The maximum absolute atomic E-state index is 12.2. The van der Waals surface area contributed by atoms with E-state index < -0.39 is 0 Å². The fourth-order valence-electron chi connectivity index (χ4n) is 2.70. The highest BCUT2D eigenvalue weighted by atomic mass is 16.6. The lowest BCUT2D eigenvalue weighted by Gasteiger charge is -2.34. The SMILES string of the molecule is CCOc1ccc(/C=N/OCC(=O)N2CC(C)OC(C)C2)cc1OC. The standard InChI is InChI=1S/C18H26N2O5/c1-5-23-16-7-6-15(8-17(16)22-4)9-19-24-12-18(21)20-10-13(2)25-14(3)11-20/h6-9,13-14H,5,10-12H2,1-4H3/b19-9+. The van der Waals surface area contributed by atoms with Crippen LogP contribution in [0.5, 0.6) is 11.5 Å². The van der Waals surface area contributed by atoms with Crippen LogP contribution in [0.15, 0.2) is 23.4 Å². The molecule has 25 heavy (non-hydrogen) atoms. The summed E-state index contributed by atoms with van der Waals surface area (Å²) in [4.78, 5) is 19.0. The predicted octanol–water partition coefficient (Wildman–Crippen LogP) is 2.08. The Bertz CT molecular complexity index is 595. The van der Waals surface area contributed by atoms with Gasteiger partial charge in [0.15, 0.2) is 18.1 Å². The van der Waals surface area contributed by atoms with Gasteiger partial charge >= 0.3 is 0 Å². The molecule has 0 aromatic heterocycles. The zero-order chi connectivity index (χ0) is 18.2. The normalized spacial score (nSPS) is 20.6. The van der Waals surface area contributed by atoms with Crippen LogP contribution in [-0.4, -0.2) is 62.6 Å². The molecule has 1 fully saturated rings. The first-order chi connectivity index (χ1) is 12.0. The van der Waals surface area contributed by atoms with Gasteiger partial charge in [-0.05, 0) is 39.0 Å². The molecule has 1 aromatic carbocycles. The molecule has 2 rings (SSSR count). The topological polar surface area (TPSA) is 69.6 Å². The van der Waals surface area contributed by atoms with Crippen LogP contribution in [-0.2, 0) is 14.4 Å². The van der Waals surface area contributed by atoms with Gasteiger partial charge in [-0.2, -0.15) is 0 Å². The molecule has 1 aromatic rings. The van der Waals surface area contributed by atoms with E-state index in [1.807, 2.05) is 32.9 Å². The van der Waals surface area contributed by atoms with Gasteiger partial charge in [-0.25, -0.2) is 0 Å². The van der Waals surface area contributed by atoms with Crippen molar-refractivity contribution in [3.8, 4) is 11.5 Å². The van der Waals surface area contributed by atoms with Crippen molar-refractivity contribution in [2.75, 3.05) is 33.4 Å². The van der Waals surface area contributed by atoms with Gasteiger partial charge in [0, 0.05) is 18.7 Å². The summed E-state index contributed by atoms with van der Waals surface area (Å²) in [5.41, 5.74) is 0.793. The molecule has 1 amide bonds. The van der Waals surface area contributed by atoms with Crippen molar-refractivity contribution in [3.05, 3.63) is 23.8 Å². The molecule has 2 unspecified atom stereocenters. The van der Waals surface area contributed by atoms with Crippen LogP contribution in [0.3, 0.4) is 0 Å². The summed E-state index contributed by atoms with van der Waals surface area (Å²) in [6.45, 7) is 7.44. The fourth-order valence-corrected chi connectivity index (χ4v) is 2.70. The number of hydrogen-bond donors (Lipinski definition) is 0. The first kappa shape index (κ1) is 19.1. The maximum atomic E-state index is 12.2. The number of hydrogen-bond acceptors (Lipinski definition) is 6. The Morgan fingerprint density at radius 3 is 2.68 bits per heavy atom. The molecular weight excluding hydrogens is 324 g/mol. The van der Waals surface area contributed by atoms with Gasteiger partial charge in [-0.15, -0.1) is 0 Å². The van der Waals surface area contributed by atoms with E-state index in [1.54, 1.807) is 18.1 Å². The molecule has 0 bridgehead atoms. The molecule has 138 valence electrons. The third-order valence-corrected chi connectivity index (χ3v) is 3.72. The Morgan fingerprint density at radius 1 is 1.32 bits per heavy atom. The van der Waals surface area contributed by atoms with Crippen molar-refractivity contribution < 1.29 is 23.8 Å². The lowest BCUT2D eigenvalue weighted by atomic mass is 10.2. The second-order valence-electron chi connectivity index (χ2n) is 5.91. The fraction of sp³-hybridized carbons (Fsp3) is 0.556. The molecule has 0 aliphatic carbocycles. The Morgan fingerprint density at radius 2 is 2.04 bits per heavy atom. The zero-order valence-corrected chi connectivity index (χ0v) is 15.2. The third-order valence-electron chi connectivity index (χ3n) is 3.72. The van der Waals surface area contributed by atoms with Crippen LogP contribution < -0.4 is 9.47 Å². The minimum Gasteiger partial charge on any atom is -0.493 e. The molecule has 1 aliphatic rings. The van der Waals surface area contributed by atoms with Gasteiger partial charge in [-0.1, -0.05) is 5.16 Å². The average Bonchev–Trinajstić information content (AvgIpc) is 2.59. The van der Waals surface area contributed by atoms with Crippen LogP contribution >= 0.6 is 0 Å². The van der Waals surface area contributed by atoms with Crippen molar-refractivity contribution in [2.24, 2.45) is 5.16 Å². The van der Waals surface area contributed by atoms with E-state index >= 15 is 0 Å². The van der Waals surface area contributed by atoms with Gasteiger partial charge in [0.2, 0.25) is 0 Å². The van der Waals surface area contributed by atoms with E-state index in [2.05, 4.69) is 5.16 Å². The highest BCUT2D eigenvalue weighted by molar-refractivity contribution is 5.81. The quantitative estimate of drug-likeness (QED) is 0.556. The van der Waals surface area contributed by atoms with E-state index in [9.17, 15) is 4.79 Å². The average molecular weight is 350 g/mol. The second-order valence-corrected chi connectivity index (χ2v) is 5.91. The minimum atomic E-state index is -0.0941. The summed E-state index contributed by atoms with van der Waals surface area (Å²) in [6.07, 6.45) is 1.61. The highest BCUT2D eigenvalue weighted by Gasteiger charge is 2.25. The number of benzene rings is 1. The van der Waals surface area contributed by atoms with Gasteiger partial charge in [-0.3, -0.25) is 4.79 Å². The van der Waals surface area contributed by atoms with E-state index in [4.69, 9.17) is 19.0 Å². The Labute approximate surface area is 148 Å². The number of oxime groups is 1. The molecule has 1 saturated heterocycles. The smallest absolute Gasteiger partial charge is 0.263 e. The van der Waals surface area contributed by atoms with Crippen molar-refractivity contribution in [1.82, 2.24) is 4.90 Å². The Hall–Kier alpha value is -2.28. The summed E-state index contributed by atoms with van der Waals surface area (Å²) in [7, 11) is 1.58. The van der Waals surface area contributed by atoms with E-state index in [1.165, 1.54) is 6.21 Å². The summed E-state index contributed by atoms with van der Waals surface area (Å²) in [5, 5.41) is 3.87. The van der Waals surface area contributed by atoms with Gasteiger partial charge in [0.25, 0.3) is 5.91 Å². The third kappa shape index (κ3) is 5.63. The first-order valence-electron chi connectivity index (χ1n) is 8.42. The van der Waals surface area contributed by atoms with Crippen molar-refractivity contribution in [3.63, 3.8) is 0 Å². The number of carbonyl (C=O) groups excluding carboxylic acids is 1. The van der Waals surface area contributed by atoms with E-state index in [0.717, 1.165) is 5.56 Å². The molecule has 0 N–H and O–H groups in total.